The van der Waals surface area contributed by atoms with Crippen molar-refractivity contribution < 1.29 is 9.53 Å². The Balaban J connectivity index is 2.11. The maximum atomic E-state index is 10.6. The van der Waals surface area contributed by atoms with Gasteiger partial charge in [0.2, 0.25) is 0 Å². The van der Waals surface area contributed by atoms with Gasteiger partial charge in [-0.15, -0.1) is 0 Å². The molecule has 3 rings (SSSR count). The lowest BCUT2D eigenvalue weighted by Crippen LogP contribution is -2.04. The minimum atomic E-state index is 0.295. The highest BCUT2D eigenvalue weighted by atomic mass is 16.6. The molecule has 0 bridgehead atoms. The third-order valence-corrected chi connectivity index (χ3v) is 2.89. The molecule has 0 aromatic heterocycles. The van der Waals surface area contributed by atoms with Gasteiger partial charge in [-0.25, -0.2) is 0 Å². The van der Waals surface area contributed by atoms with E-state index >= 15 is 0 Å². The number of benzene rings is 1. The van der Waals surface area contributed by atoms with Crippen LogP contribution < -0.4 is 0 Å². The molecule has 0 radical (unpaired) electrons. The maximum absolute atomic E-state index is 10.6. The standard InChI is InChI=1S/C11H10O2/c12-6-7-1-2-8-3-4-10-11(13-10)9(8)5-7/h1-2,5-6,10-11H,3-4H2. The highest BCUT2D eigenvalue weighted by Gasteiger charge is 2.43. The number of carbonyl (C=O) groups excluding carboxylic acids is 1. The van der Waals surface area contributed by atoms with Crippen molar-refractivity contribution in [2.24, 2.45) is 0 Å². The van der Waals surface area contributed by atoms with E-state index in [4.69, 9.17) is 4.74 Å². The molecule has 0 N–H and O–H groups in total. The van der Waals surface area contributed by atoms with Crippen molar-refractivity contribution in [1.82, 2.24) is 0 Å². The minimum Gasteiger partial charge on any atom is -0.364 e. The largest absolute Gasteiger partial charge is 0.364 e. The molecule has 1 aromatic rings. The second-order valence-corrected chi connectivity index (χ2v) is 3.71. The molecule has 1 heterocycles. The number of epoxide rings is 1. The van der Waals surface area contributed by atoms with E-state index in [1.165, 1.54) is 11.1 Å². The zero-order chi connectivity index (χ0) is 8.84. The van der Waals surface area contributed by atoms with Gasteiger partial charge in [-0.3, -0.25) is 4.79 Å². The number of carbonyl (C=O) groups is 1. The van der Waals surface area contributed by atoms with Crippen LogP contribution in [0, 0.1) is 0 Å². The fourth-order valence-corrected chi connectivity index (χ4v) is 2.11. The number of ether oxygens (including phenoxy) is 1. The average Bonchev–Trinajstić information content (AvgIpc) is 2.96. The van der Waals surface area contributed by atoms with Crippen LogP contribution in [0.2, 0.25) is 0 Å². The molecule has 1 saturated heterocycles. The van der Waals surface area contributed by atoms with Crippen LogP contribution in [0.3, 0.4) is 0 Å². The number of hydrogen-bond acceptors (Lipinski definition) is 2. The van der Waals surface area contributed by atoms with Crippen molar-refractivity contribution in [2.75, 3.05) is 0 Å². The summed E-state index contributed by atoms with van der Waals surface area (Å²) in [5.41, 5.74) is 3.35. The molecule has 1 fully saturated rings. The van der Waals surface area contributed by atoms with Crippen molar-refractivity contribution in [3.05, 3.63) is 34.9 Å². The molecule has 1 aliphatic heterocycles. The molecule has 0 saturated carbocycles. The molecule has 2 aliphatic rings. The second kappa shape index (κ2) is 2.42. The van der Waals surface area contributed by atoms with Gasteiger partial charge in [0.25, 0.3) is 0 Å². The lowest BCUT2D eigenvalue weighted by atomic mass is 9.91. The van der Waals surface area contributed by atoms with Crippen molar-refractivity contribution in [1.29, 1.82) is 0 Å². The van der Waals surface area contributed by atoms with Gasteiger partial charge in [0.05, 0.1) is 6.10 Å². The molecule has 0 spiro atoms. The third-order valence-electron chi connectivity index (χ3n) is 2.89. The molecule has 66 valence electrons. The molecule has 2 atom stereocenters. The summed E-state index contributed by atoms with van der Waals surface area (Å²) in [5, 5.41) is 0. The summed E-state index contributed by atoms with van der Waals surface area (Å²) in [7, 11) is 0. The average molecular weight is 174 g/mol. The number of aldehydes is 1. The number of fused-ring (bicyclic) bond motifs is 3. The van der Waals surface area contributed by atoms with Crippen molar-refractivity contribution in [3.63, 3.8) is 0 Å². The number of aryl methyl sites for hydroxylation is 1. The van der Waals surface area contributed by atoms with Crippen molar-refractivity contribution >= 4 is 6.29 Å². The van der Waals surface area contributed by atoms with E-state index in [0.717, 1.165) is 24.7 Å². The summed E-state index contributed by atoms with van der Waals surface area (Å²) in [6.07, 6.45) is 3.86. The fourth-order valence-electron chi connectivity index (χ4n) is 2.11. The second-order valence-electron chi connectivity index (χ2n) is 3.71. The van der Waals surface area contributed by atoms with E-state index < -0.39 is 0 Å². The zero-order valence-electron chi connectivity index (χ0n) is 7.19. The SMILES string of the molecule is O=Cc1ccc2c(c1)C1OC1CC2. The van der Waals surface area contributed by atoms with Crippen LogP contribution in [0.5, 0.6) is 0 Å². The fraction of sp³-hybridized carbons (Fsp3) is 0.364. The van der Waals surface area contributed by atoms with Gasteiger partial charge >= 0.3 is 0 Å². The maximum Gasteiger partial charge on any atom is 0.150 e. The highest BCUT2D eigenvalue weighted by molar-refractivity contribution is 5.75. The van der Waals surface area contributed by atoms with E-state index in [0.29, 0.717) is 12.2 Å². The molecule has 2 unspecified atom stereocenters. The molecule has 1 aliphatic carbocycles. The van der Waals surface area contributed by atoms with Crippen LogP contribution in [0.25, 0.3) is 0 Å². The molecular weight excluding hydrogens is 164 g/mol. The summed E-state index contributed by atoms with van der Waals surface area (Å²) in [6.45, 7) is 0. The monoisotopic (exact) mass is 174 g/mol. The van der Waals surface area contributed by atoms with E-state index in [2.05, 4.69) is 6.07 Å². The Bertz CT molecular complexity index is 370. The van der Waals surface area contributed by atoms with E-state index in [1.807, 2.05) is 12.1 Å². The van der Waals surface area contributed by atoms with Crippen LogP contribution in [0.1, 0.15) is 34.0 Å². The first kappa shape index (κ1) is 7.27. The van der Waals surface area contributed by atoms with Gasteiger partial charge in [0.15, 0.2) is 0 Å². The van der Waals surface area contributed by atoms with E-state index in [1.54, 1.807) is 0 Å². The highest BCUT2D eigenvalue weighted by Crippen LogP contribution is 2.46. The third kappa shape index (κ3) is 1.02. The zero-order valence-corrected chi connectivity index (χ0v) is 7.19. The summed E-state index contributed by atoms with van der Waals surface area (Å²) < 4.78 is 5.49. The smallest absolute Gasteiger partial charge is 0.150 e. The first-order valence-electron chi connectivity index (χ1n) is 4.62. The Labute approximate surface area is 76.5 Å². The lowest BCUT2D eigenvalue weighted by molar-refractivity contribution is 0.112. The van der Waals surface area contributed by atoms with Crippen LogP contribution in [-0.4, -0.2) is 12.4 Å². The van der Waals surface area contributed by atoms with Crippen LogP contribution in [0.15, 0.2) is 18.2 Å². The Morgan fingerprint density at radius 3 is 3.23 bits per heavy atom. The minimum absolute atomic E-state index is 0.295. The quantitative estimate of drug-likeness (QED) is 0.480. The van der Waals surface area contributed by atoms with Crippen molar-refractivity contribution in [3.8, 4) is 0 Å². The molecule has 1 aromatic carbocycles. The number of hydrogen-bond donors (Lipinski definition) is 0. The molecule has 2 nitrogen and oxygen atoms in total. The van der Waals surface area contributed by atoms with Gasteiger partial charge in [-0.05, 0) is 30.0 Å². The van der Waals surface area contributed by atoms with Gasteiger partial charge in [0.1, 0.15) is 12.4 Å². The molecule has 13 heavy (non-hydrogen) atoms. The molecule has 2 heteroatoms. The topological polar surface area (TPSA) is 29.6 Å². The predicted octanol–water partition coefficient (Wildman–Crippen LogP) is 1.89. The first-order chi connectivity index (χ1) is 6.38. The Morgan fingerprint density at radius 1 is 1.46 bits per heavy atom. The van der Waals surface area contributed by atoms with Crippen LogP contribution in [-0.2, 0) is 11.2 Å². The Hall–Kier alpha value is -1.15. The summed E-state index contributed by atoms with van der Waals surface area (Å²) >= 11 is 0. The van der Waals surface area contributed by atoms with E-state index in [9.17, 15) is 4.79 Å². The summed E-state index contributed by atoms with van der Waals surface area (Å²) in [6, 6.07) is 5.90. The predicted molar refractivity (Wildman–Crippen MR) is 47.8 cm³/mol. The summed E-state index contributed by atoms with van der Waals surface area (Å²) in [4.78, 5) is 10.6. The Morgan fingerprint density at radius 2 is 2.38 bits per heavy atom. The normalized spacial score (nSPS) is 28.9. The number of rotatable bonds is 1. The Kier molecular flexibility index (Phi) is 1.35. The summed E-state index contributed by atoms with van der Waals surface area (Å²) in [5.74, 6) is 0. The van der Waals surface area contributed by atoms with Gasteiger partial charge in [0, 0.05) is 5.56 Å². The van der Waals surface area contributed by atoms with Gasteiger partial charge < -0.3 is 4.74 Å². The van der Waals surface area contributed by atoms with Crippen molar-refractivity contribution in [2.45, 2.75) is 25.0 Å². The van der Waals surface area contributed by atoms with Gasteiger partial charge in [-0.1, -0.05) is 12.1 Å². The van der Waals surface area contributed by atoms with E-state index in [-0.39, 0.29) is 0 Å². The van der Waals surface area contributed by atoms with Crippen LogP contribution in [0.4, 0.5) is 0 Å². The first-order valence-corrected chi connectivity index (χ1v) is 4.62. The molecule has 0 amide bonds. The van der Waals surface area contributed by atoms with Crippen LogP contribution >= 0.6 is 0 Å². The lowest BCUT2D eigenvalue weighted by Gasteiger charge is -2.11. The van der Waals surface area contributed by atoms with Gasteiger partial charge in [-0.2, -0.15) is 0 Å². The molecular formula is C11H10O2.